The fourth-order valence-corrected chi connectivity index (χ4v) is 8.10. The summed E-state index contributed by atoms with van der Waals surface area (Å²) < 4.78 is 8.25. The summed E-state index contributed by atoms with van der Waals surface area (Å²) in [4.78, 5) is 24.1. The number of phenolic OH excluding ortho intramolecular Hbond substituents is 1. The van der Waals surface area contributed by atoms with E-state index >= 15 is 0 Å². The highest BCUT2D eigenvalue weighted by molar-refractivity contribution is 9.11. The second kappa shape index (κ2) is 19.8. The largest absolute Gasteiger partial charge is 0.506 e. The van der Waals surface area contributed by atoms with Gasteiger partial charge in [0.1, 0.15) is 10.2 Å². The van der Waals surface area contributed by atoms with Crippen molar-refractivity contribution in [1.82, 2.24) is 10.9 Å². The number of carbonyl (C=O) groups is 2. The number of hydrogen-bond donors (Lipinski definition) is 3. The monoisotopic (exact) mass is 976 g/mol. The number of halogens is 4. The van der Waals surface area contributed by atoms with Crippen LogP contribution in [0.1, 0.15) is 40.7 Å². The number of hydrazone groups is 2. The summed E-state index contributed by atoms with van der Waals surface area (Å²) >= 11 is 13.7. The molecule has 12 heteroatoms. The quantitative estimate of drug-likeness (QED) is 0.0887. The number of carbonyl (C=O) groups excluding carboxylic acids is 2. The van der Waals surface area contributed by atoms with E-state index in [2.05, 4.69) is 139 Å². The van der Waals surface area contributed by atoms with E-state index in [1.54, 1.807) is 12.3 Å². The topological polar surface area (TPSA) is 112 Å². The number of aryl methyl sites for hydroxylation is 2. The van der Waals surface area contributed by atoms with Gasteiger partial charge in [0.25, 0.3) is 0 Å². The van der Waals surface area contributed by atoms with E-state index < -0.39 is 0 Å². The number of aromatic hydroxyl groups is 1. The first kappa shape index (κ1) is 40.8. The molecule has 0 heterocycles. The molecule has 0 atom stereocenters. The van der Waals surface area contributed by atoms with E-state index in [9.17, 15) is 14.7 Å². The van der Waals surface area contributed by atoms with Crippen molar-refractivity contribution in [1.29, 1.82) is 0 Å². The molecular weight excluding hydrogens is 944 g/mol. The number of nitrogens with one attached hydrogen (secondary N) is 2. The molecule has 2 amide bonds. The first-order valence-corrected chi connectivity index (χ1v) is 20.0. The lowest BCUT2D eigenvalue weighted by molar-refractivity contribution is -0.121. The molecule has 6 aromatic rings. The third kappa shape index (κ3) is 11.3. The number of methoxy groups -OCH3 is 1. The van der Waals surface area contributed by atoms with Crippen molar-refractivity contribution < 1.29 is 19.4 Å². The van der Waals surface area contributed by atoms with Crippen LogP contribution in [0.3, 0.4) is 0 Å². The third-order valence-electron chi connectivity index (χ3n) is 8.39. The van der Waals surface area contributed by atoms with Gasteiger partial charge in [0, 0.05) is 27.4 Å². The van der Waals surface area contributed by atoms with E-state index in [4.69, 9.17) is 4.74 Å². The molecule has 0 aliphatic heterocycles. The first-order chi connectivity index (χ1) is 26.0. The summed E-state index contributed by atoms with van der Waals surface area (Å²) in [6.07, 6.45) is 5.06. The van der Waals surface area contributed by atoms with Gasteiger partial charge in [0.05, 0.1) is 24.0 Å². The van der Waals surface area contributed by atoms with Gasteiger partial charge in [-0.25, -0.2) is 10.9 Å². The van der Waals surface area contributed by atoms with Gasteiger partial charge in [0.2, 0.25) is 11.8 Å². The predicted octanol–water partition coefficient (Wildman–Crippen LogP) is 10.9. The van der Waals surface area contributed by atoms with Crippen LogP contribution in [-0.2, 0) is 22.4 Å². The Balaban J connectivity index is 0.000000208. The average Bonchev–Trinajstić information content (AvgIpc) is 3.17. The molecule has 6 aromatic carbocycles. The fraction of sp³-hybridized carbons (Fsp3) is 0.143. The number of benzene rings is 6. The van der Waals surface area contributed by atoms with Crippen LogP contribution in [0.2, 0.25) is 0 Å². The van der Waals surface area contributed by atoms with Crippen LogP contribution in [0, 0.1) is 6.92 Å². The standard InChI is InChI=1S/C21H18Br2N2O3.C21H18Br2N2O/c1-28-21-17(22)11-16(20(27)19(21)23)12-24-25-18(26)9-7-13-6-8-14-4-2-3-5-15(14)10-13;1-14-19(22)11-16(12-20(14)23)13-24-25-21(26)9-7-15-6-8-17-4-2-3-5-18(17)10-15/h2-6,8,10-12,27H,7,9H2,1H3,(H,25,26);2-6,8,10-13H,7,9H2,1H3,(H,25,26)/b24-12-;24-13-. The van der Waals surface area contributed by atoms with Gasteiger partial charge in [-0.15, -0.1) is 0 Å². The Morgan fingerprint density at radius 1 is 0.667 bits per heavy atom. The van der Waals surface area contributed by atoms with E-state index in [0.717, 1.165) is 36.6 Å². The van der Waals surface area contributed by atoms with Gasteiger partial charge in [0.15, 0.2) is 5.75 Å². The van der Waals surface area contributed by atoms with Gasteiger partial charge in [-0.05, 0) is 114 Å². The Bertz CT molecular complexity index is 2340. The van der Waals surface area contributed by atoms with Crippen LogP contribution in [0.25, 0.3) is 21.5 Å². The van der Waals surface area contributed by atoms with Crippen molar-refractivity contribution >= 4 is 110 Å². The highest BCUT2D eigenvalue weighted by Gasteiger charge is 2.14. The number of fused-ring (bicyclic) bond motifs is 2. The van der Waals surface area contributed by atoms with Crippen molar-refractivity contribution in [3.05, 3.63) is 149 Å². The number of ether oxygens (including phenoxy) is 1. The Kier molecular flexibility index (Phi) is 15.0. The maximum atomic E-state index is 12.1. The molecule has 0 aromatic heterocycles. The van der Waals surface area contributed by atoms with E-state index in [0.29, 0.717) is 45.9 Å². The Morgan fingerprint density at radius 2 is 1.15 bits per heavy atom. The Morgan fingerprint density at radius 3 is 1.65 bits per heavy atom. The maximum absolute atomic E-state index is 12.1. The van der Waals surface area contributed by atoms with Crippen LogP contribution >= 0.6 is 63.7 Å². The fourth-order valence-electron chi connectivity index (χ4n) is 5.40. The van der Waals surface area contributed by atoms with E-state index in [-0.39, 0.29) is 17.6 Å². The Hall–Kier alpha value is -4.36. The number of hydrogen-bond acceptors (Lipinski definition) is 6. The van der Waals surface area contributed by atoms with Crippen LogP contribution < -0.4 is 15.6 Å². The maximum Gasteiger partial charge on any atom is 0.240 e. The molecule has 3 N–H and O–H groups in total. The molecule has 0 bridgehead atoms. The van der Waals surface area contributed by atoms with E-state index in [1.165, 1.54) is 29.5 Å². The van der Waals surface area contributed by atoms with Gasteiger partial charge in [-0.1, -0.05) is 117 Å². The van der Waals surface area contributed by atoms with Crippen molar-refractivity contribution in [2.24, 2.45) is 10.2 Å². The van der Waals surface area contributed by atoms with Crippen LogP contribution in [-0.4, -0.2) is 36.5 Å². The number of phenols is 1. The van der Waals surface area contributed by atoms with Gasteiger partial charge < -0.3 is 9.84 Å². The molecule has 54 heavy (non-hydrogen) atoms. The summed E-state index contributed by atoms with van der Waals surface area (Å²) in [5, 5.41) is 22.9. The van der Waals surface area contributed by atoms with Crippen molar-refractivity contribution in [2.45, 2.75) is 32.6 Å². The highest BCUT2D eigenvalue weighted by Crippen LogP contribution is 2.41. The number of nitrogens with zero attached hydrogens (tertiary/aromatic N) is 2. The average molecular weight is 980 g/mol. The zero-order valence-corrected chi connectivity index (χ0v) is 35.7. The van der Waals surface area contributed by atoms with Crippen molar-refractivity contribution in [2.75, 3.05) is 7.11 Å². The minimum atomic E-state index is -0.199. The van der Waals surface area contributed by atoms with Gasteiger partial charge >= 0.3 is 0 Å². The van der Waals surface area contributed by atoms with E-state index in [1.807, 2.05) is 49.4 Å². The SMILES string of the molecule is COc1c(Br)cc(/C=N\NC(=O)CCc2ccc3ccccc3c2)c(O)c1Br.Cc1c(Br)cc(/C=N\NC(=O)CCc2ccc3ccccc3c2)cc1Br. The molecule has 0 spiro atoms. The molecule has 6 rings (SSSR count). The zero-order chi connectivity index (χ0) is 38.6. The Labute approximate surface area is 347 Å². The lowest BCUT2D eigenvalue weighted by Gasteiger charge is -2.09. The third-order valence-corrected chi connectivity index (χ3v) is 11.4. The molecule has 0 unspecified atom stereocenters. The molecule has 0 saturated heterocycles. The van der Waals surface area contributed by atoms with Crippen LogP contribution in [0.4, 0.5) is 0 Å². The summed E-state index contributed by atoms with van der Waals surface area (Å²) in [6.45, 7) is 2.02. The van der Waals surface area contributed by atoms with Crippen molar-refractivity contribution in [3.8, 4) is 11.5 Å². The van der Waals surface area contributed by atoms with Crippen LogP contribution in [0.15, 0.2) is 131 Å². The molecule has 0 radical (unpaired) electrons. The molecule has 276 valence electrons. The molecule has 0 fully saturated rings. The lowest BCUT2D eigenvalue weighted by atomic mass is 10.0. The predicted molar refractivity (Wildman–Crippen MR) is 233 cm³/mol. The zero-order valence-electron chi connectivity index (χ0n) is 29.4. The lowest BCUT2D eigenvalue weighted by Crippen LogP contribution is -2.17. The van der Waals surface area contributed by atoms with Gasteiger partial charge in [-0.3, -0.25) is 9.59 Å². The molecule has 0 saturated carbocycles. The normalized spacial score (nSPS) is 11.1. The summed E-state index contributed by atoms with van der Waals surface area (Å²) in [5.41, 5.74) is 9.80. The molecule has 0 aliphatic carbocycles. The van der Waals surface area contributed by atoms with Gasteiger partial charge in [-0.2, -0.15) is 10.2 Å². The number of rotatable bonds is 11. The minimum Gasteiger partial charge on any atom is -0.506 e. The minimum absolute atomic E-state index is 0.0192. The van der Waals surface area contributed by atoms with Crippen LogP contribution in [0.5, 0.6) is 11.5 Å². The van der Waals surface area contributed by atoms with Crippen molar-refractivity contribution in [3.63, 3.8) is 0 Å². The summed E-state index contributed by atoms with van der Waals surface area (Å²) in [5.74, 6) is 0.165. The molecular formula is C42H36Br4N4O4. The molecule has 0 aliphatic rings. The molecule has 8 nitrogen and oxygen atoms in total. The summed E-state index contributed by atoms with van der Waals surface area (Å²) in [6, 6.07) is 34.4. The summed E-state index contributed by atoms with van der Waals surface area (Å²) in [7, 11) is 1.51. The second-order valence-corrected chi connectivity index (χ2v) is 15.6. The second-order valence-electron chi connectivity index (χ2n) is 12.2. The smallest absolute Gasteiger partial charge is 0.240 e. The number of amides is 2. The highest BCUT2D eigenvalue weighted by atomic mass is 79.9. The first-order valence-electron chi connectivity index (χ1n) is 16.8.